The maximum Gasteiger partial charge on any atom is 0.356 e. The fourth-order valence-electron chi connectivity index (χ4n) is 3.28. The number of ether oxygens (including phenoxy) is 1. The van der Waals surface area contributed by atoms with Gasteiger partial charge in [0.25, 0.3) is 5.91 Å². The average Bonchev–Trinajstić information content (AvgIpc) is 2.92. The summed E-state index contributed by atoms with van der Waals surface area (Å²) in [6.45, 7) is 5.69. The van der Waals surface area contributed by atoms with E-state index in [2.05, 4.69) is 5.32 Å². The number of fused-ring (bicyclic) bond motifs is 1. The van der Waals surface area contributed by atoms with Crippen molar-refractivity contribution in [2.45, 2.75) is 33.3 Å². The highest BCUT2D eigenvalue weighted by Crippen LogP contribution is 2.37. The Hall–Kier alpha value is -3.28. The van der Waals surface area contributed by atoms with Gasteiger partial charge in [-0.3, -0.25) is 4.79 Å². The number of amides is 1. The quantitative estimate of drug-likeness (QED) is 0.661. The van der Waals surface area contributed by atoms with E-state index in [0.29, 0.717) is 28.8 Å². The number of carboxylic acids is 1. The van der Waals surface area contributed by atoms with Crippen molar-refractivity contribution in [2.75, 3.05) is 5.32 Å². The van der Waals surface area contributed by atoms with Crippen LogP contribution in [0.2, 0.25) is 0 Å². The van der Waals surface area contributed by atoms with Crippen LogP contribution in [0.4, 0.5) is 5.69 Å². The molecule has 0 fully saturated rings. The molecule has 1 heterocycles. The molecule has 0 atom stereocenters. The fraction of sp³-hybridized carbons (Fsp3) is 0.273. The summed E-state index contributed by atoms with van der Waals surface area (Å²) in [6, 6.07) is 12.7. The SMILES string of the molecule is CCc1cc2c(cc1NC(=O)c1ccccc1)c(OC(C)C)c(C(=O)O)n2C. The van der Waals surface area contributed by atoms with Gasteiger partial charge in [-0.25, -0.2) is 4.79 Å². The summed E-state index contributed by atoms with van der Waals surface area (Å²) >= 11 is 0. The van der Waals surface area contributed by atoms with E-state index in [0.717, 1.165) is 11.1 Å². The van der Waals surface area contributed by atoms with Gasteiger partial charge in [-0.05, 0) is 50.1 Å². The molecule has 6 heteroatoms. The predicted molar refractivity (Wildman–Crippen MR) is 109 cm³/mol. The van der Waals surface area contributed by atoms with Gasteiger partial charge in [-0.15, -0.1) is 0 Å². The highest BCUT2D eigenvalue weighted by Gasteiger charge is 2.24. The normalized spacial score (nSPS) is 11.0. The third-order valence-electron chi connectivity index (χ3n) is 4.60. The number of nitrogens with zero attached hydrogens (tertiary/aromatic N) is 1. The van der Waals surface area contributed by atoms with Crippen molar-refractivity contribution < 1.29 is 19.4 Å². The van der Waals surface area contributed by atoms with Crippen molar-refractivity contribution in [2.24, 2.45) is 7.05 Å². The highest BCUT2D eigenvalue weighted by atomic mass is 16.5. The first-order valence-corrected chi connectivity index (χ1v) is 9.25. The largest absolute Gasteiger partial charge is 0.488 e. The maximum atomic E-state index is 12.6. The molecule has 0 radical (unpaired) electrons. The number of anilines is 1. The second-order valence-corrected chi connectivity index (χ2v) is 6.91. The molecule has 0 aliphatic heterocycles. The number of carbonyl (C=O) groups excluding carboxylic acids is 1. The number of carboxylic acid groups (broad SMARTS) is 1. The molecule has 0 spiro atoms. The third-order valence-corrected chi connectivity index (χ3v) is 4.60. The molecule has 0 saturated carbocycles. The lowest BCUT2D eigenvalue weighted by Gasteiger charge is -2.13. The minimum Gasteiger partial charge on any atom is -0.488 e. The second kappa shape index (κ2) is 7.76. The van der Waals surface area contributed by atoms with Gasteiger partial charge >= 0.3 is 5.97 Å². The summed E-state index contributed by atoms with van der Waals surface area (Å²) in [5.74, 6) is -0.949. The van der Waals surface area contributed by atoms with Gasteiger partial charge in [0.1, 0.15) is 0 Å². The Balaban J connectivity index is 2.15. The fourth-order valence-corrected chi connectivity index (χ4v) is 3.28. The minimum atomic E-state index is -1.05. The molecule has 0 aliphatic rings. The third kappa shape index (κ3) is 3.58. The van der Waals surface area contributed by atoms with Crippen molar-refractivity contribution in [3.05, 3.63) is 59.3 Å². The van der Waals surface area contributed by atoms with Gasteiger partial charge in [0.15, 0.2) is 11.4 Å². The Morgan fingerprint density at radius 2 is 1.86 bits per heavy atom. The maximum absolute atomic E-state index is 12.6. The van der Waals surface area contributed by atoms with Gasteiger partial charge in [-0.1, -0.05) is 25.1 Å². The molecule has 0 saturated heterocycles. The lowest BCUT2D eigenvalue weighted by molar-refractivity contribution is 0.0680. The Labute approximate surface area is 163 Å². The van der Waals surface area contributed by atoms with E-state index < -0.39 is 5.97 Å². The van der Waals surface area contributed by atoms with Crippen molar-refractivity contribution in [1.82, 2.24) is 4.57 Å². The Morgan fingerprint density at radius 3 is 2.43 bits per heavy atom. The number of hydrogen-bond acceptors (Lipinski definition) is 3. The summed E-state index contributed by atoms with van der Waals surface area (Å²) < 4.78 is 7.47. The average molecular weight is 380 g/mol. The van der Waals surface area contributed by atoms with Crippen molar-refractivity contribution >= 4 is 28.5 Å². The molecule has 1 amide bonds. The van der Waals surface area contributed by atoms with Crippen LogP contribution >= 0.6 is 0 Å². The standard InChI is InChI=1S/C22H24N2O4/c1-5-14-11-18-16(20(28-13(2)3)19(22(26)27)24(18)4)12-17(14)23-21(25)15-9-7-6-8-10-15/h6-13H,5H2,1-4H3,(H,23,25)(H,26,27). The predicted octanol–water partition coefficient (Wildman–Crippen LogP) is 4.48. The molecule has 2 N–H and O–H groups in total. The van der Waals surface area contributed by atoms with E-state index in [1.807, 2.05) is 45.0 Å². The van der Waals surface area contributed by atoms with Crippen molar-refractivity contribution in [3.8, 4) is 5.75 Å². The number of aromatic nitrogens is 1. The molecule has 1 aromatic heterocycles. The smallest absolute Gasteiger partial charge is 0.356 e. The molecule has 3 rings (SSSR count). The van der Waals surface area contributed by atoms with Crippen LogP contribution in [0.1, 0.15) is 47.2 Å². The number of rotatable bonds is 6. The first-order chi connectivity index (χ1) is 13.3. The molecule has 0 bridgehead atoms. The first-order valence-electron chi connectivity index (χ1n) is 9.25. The Bertz CT molecular complexity index is 1040. The topological polar surface area (TPSA) is 80.6 Å². The van der Waals surface area contributed by atoms with Crippen LogP contribution in [0, 0.1) is 0 Å². The lowest BCUT2D eigenvalue weighted by Crippen LogP contribution is -2.13. The van der Waals surface area contributed by atoms with E-state index in [9.17, 15) is 14.7 Å². The zero-order valence-electron chi connectivity index (χ0n) is 16.4. The summed E-state index contributed by atoms with van der Waals surface area (Å²) in [5.41, 5.74) is 2.98. The van der Waals surface area contributed by atoms with Crippen LogP contribution < -0.4 is 10.1 Å². The second-order valence-electron chi connectivity index (χ2n) is 6.91. The summed E-state index contributed by atoms with van der Waals surface area (Å²) in [5, 5.41) is 13.3. The Morgan fingerprint density at radius 1 is 1.18 bits per heavy atom. The summed E-state index contributed by atoms with van der Waals surface area (Å²) in [6.07, 6.45) is 0.505. The number of nitrogens with one attached hydrogen (secondary N) is 1. The molecule has 28 heavy (non-hydrogen) atoms. The summed E-state index contributed by atoms with van der Waals surface area (Å²) in [7, 11) is 1.71. The van der Waals surface area contributed by atoms with Crippen LogP contribution in [-0.4, -0.2) is 27.7 Å². The Kier molecular flexibility index (Phi) is 5.40. The molecular formula is C22H24N2O4. The van der Waals surface area contributed by atoms with Gasteiger partial charge in [0.2, 0.25) is 0 Å². The van der Waals surface area contributed by atoms with Crippen LogP contribution in [0.3, 0.4) is 0 Å². The van der Waals surface area contributed by atoms with Gasteiger partial charge in [-0.2, -0.15) is 0 Å². The molecule has 146 valence electrons. The lowest BCUT2D eigenvalue weighted by atomic mass is 10.1. The van der Waals surface area contributed by atoms with Gasteiger partial charge in [0, 0.05) is 23.7 Å². The number of aryl methyl sites for hydroxylation is 2. The van der Waals surface area contributed by atoms with E-state index in [-0.39, 0.29) is 17.7 Å². The monoisotopic (exact) mass is 380 g/mol. The van der Waals surface area contributed by atoms with Crippen LogP contribution in [0.5, 0.6) is 5.75 Å². The highest BCUT2D eigenvalue weighted by molar-refractivity contribution is 6.07. The number of aromatic carboxylic acids is 1. The number of benzene rings is 2. The molecule has 0 aliphatic carbocycles. The summed E-state index contributed by atoms with van der Waals surface area (Å²) in [4.78, 5) is 24.4. The van der Waals surface area contributed by atoms with Crippen molar-refractivity contribution in [3.63, 3.8) is 0 Å². The molecular weight excluding hydrogens is 356 g/mol. The van der Waals surface area contributed by atoms with Crippen LogP contribution in [0.15, 0.2) is 42.5 Å². The van der Waals surface area contributed by atoms with E-state index in [4.69, 9.17) is 4.74 Å². The molecule has 2 aromatic carbocycles. The number of hydrogen-bond donors (Lipinski definition) is 2. The van der Waals surface area contributed by atoms with E-state index in [1.54, 1.807) is 29.8 Å². The first kappa shape index (κ1) is 19.5. The molecule has 0 unspecified atom stereocenters. The zero-order chi connectivity index (χ0) is 20.4. The zero-order valence-corrected chi connectivity index (χ0v) is 16.4. The number of carbonyl (C=O) groups is 2. The van der Waals surface area contributed by atoms with E-state index in [1.165, 1.54) is 0 Å². The minimum absolute atomic E-state index is 0.0947. The van der Waals surface area contributed by atoms with Crippen LogP contribution in [0.25, 0.3) is 10.9 Å². The van der Waals surface area contributed by atoms with Crippen molar-refractivity contribution in [1.29, 1.82) is 0 Å². The van der Waals surface area contributed by atoms with Gasteiger partial charge in [0.05, 0.1) is 11.6 Å². The van der Waals surface area contributed by atoms with E-state index >= 15 is 0 Å². The van der Waals surface area contributed by atoms with Gasteiger partial charge < -0.3 is 19.7 Å². The molecule has 6 nitrogen and oxygen atoms in total. The molecule has 3 aromatic rings. The van der Waals surface area contributed by atoms with Crippen LogP contribution in [-0.2, 0) is 13.5 Å².